The van der Waals surface area contributed by atoms with Crippen molar-refractivity contribution < 1.29 is 23.9 Å². The Kier molecular flexibility index (Phi) is 5.40. The van der Waals surface area contributed by atoms with Gasteiger partial charge >= 0.3 is 0 Å². The fraction of sp³-hybridized carbons (Fsp3) is 0.348. The van der Waals surface area contributed by atoms with Crippen LogP contribution in [-0.2, 0) is 14.4 Å². The van der Waals surface area contributed by atoms with Gasteiger partial charge in [-0.3, -0.25) is 19.7 Å². The van der Waals surface area contributed by atoms with E-state index in [1.807, 2.05) is 36.4 Å². The van der Waals surface area contributed by atoms with E-state index in [2.05, 4.69) is 10.6 Å². The molecule has 0 radical (unpaired) electrons. The fourth-order valence-electron chi connectivity index (χ4n) is 3.95. The molecule has 2 heterocycles. The Hall–Kier alpha value is -3.03. The van der Waals surface area contributed by atoms with Gasteiger partial charge in [0.1, 0.15) is 29.5 Å². The maximum atomic E-state index is 13.0. The molecular weight excluding hydrogens is 384 g/mol. The van der Waals surface area contributed by atoms with Crippen LogP contribution in [0.2, 0.25) is 0 Å². The Morgan fingerprint density at radius 1 is 1.20 bits per heavy atom. The standard InChI is InChI=1S/C23H24N2O5/c1-12(18(22(28)24-2)21(27)19-23(29)25-19)20(26)14-9-7-13(8-10-14)17-11-15-5-3-4-6-16(15)30-17/h3-7,9,11-12,18-19,23,25,29H,8,10H2,1-2H3,(H,24,28)/t12?,18?,19?,23-/m0/s1. The number of carbonyl (C=O) groups excluding carboxylic acids is 3. The highest BCUT2D eigenvalue weighted by Crippen LogP contribution is 2.33. The molecule has 1 saturated heterocycles. The largest absolute Gasteiger partial charge is 0.456 e. The molecule has 1 aliphatic heterocycles. The van der Waals surface area contributed by atoms with Crippen molar-refractivity contribution in [1.29, 1.82) is 0 Å². The van der Waals surface area contributed by atoms with Gasteiger partial charge in [-0.05, 0) is 36.1 Å². The summed E-state index contributed by atoms with van der Waals surface area (Å²) in [7, 11) is 1.43. The van der Waals surface area contributed by atoms with E-state index in [-0.39, 0.29) is 5.78 Å². The SMILES string of the molecule is CNC(=O)C(C(=O)C1N[C@H]1O)C(C)C(=O)C1=CC=C(c2cc3ccccc3o2)CC1. The van der Waals surface area contributed by atoms with E-state index in [1.54, 1.807) is 13.0 Å². The first-order chi connectivity index (χ1) is 14.4. The van der Waals surface area contributed by atoms with Gasteiger partial charge in [-0.2, -0.15) is 0 Å². The van der Waals surface area contributed by atoms with Crippen LogP contribution in [0, 0.1) is 11.8 Å². The third-order valence-electron chi connectivity index (χ3n) is 5.82. The van der Waals surface area contributed by atoms with E-state index in [9.17, 15) is 19.5 Å². The number of aliphatic hydroxyl groups is 1. The number of fused-ring (bicyclic) bond motifs is 1. The topological polar surface area (TPSA) is 119 Å². The molecule has 1 aliphatic carbocycles. The molecule has 0 bridgehead atoms. The number of aliphatic hydroxyl groups excluding tert-OH is 1. The number of allylic oxidation sites excluding steroid dienone is 4. The fourth-order valence-corrected chi connectivity index (χ4v) is 3.95. The summed E-state index contributed by atoms with van der Waals surface area (Å²) in [6.07, 6.45) is 3.80. The molecule has 7 heteroatoms. The van der Waals surface area contributed by atoms with Crippen molar-refractivity contribution in [1.82, 2.24) is 10.6 Å². The maximum absolute atomic E-state index is 13.0. The van der Waals surface area contributed by atoms with Gasteiger partial charge in [0.05, 0.1) is 0 Å². The molecule has 0 saturated carbocycles. The zero-order valence-electron chi connectivity index (χ0n) is 16.8. The molecule has 3 N–H and O–H groups in total. The van der Waals surface area contributed by atoms with Crippen molar-refractivity contribution in [2.75, 3.05) is 7.05 Å². The molecule has 30 heavy (non-hydrogen) atoms. The summed E-state index contributed by atoms with van der Waals surface area (Å²) < 4.78 is 5.90. The molecule has 1 aromatic carbocycles. The number of ketones is 2. The number of rotatable bonds is 7. The monoisotopic (exact) mass is 408 g/mol. The normalized spacial score (nSPS) is 22.6. The van der Waals surface area contributed by atoms with Gasteiger partial charge in [-0.15, -0.1) is 0 Å². The van der Waals surface area contributed by atoms with E-state index in [1.165, 1.54) is 7.05 Å². The second-order valence-corrected chi connectivity index (χ2v) is 7.77. The zero-order chi connectivity index (χ0) is 21.4. The number of nitrogens with one attached hydrogen (secondary N) is 2. The number of furan rings is 1. The molecule has 3 unspecified atom stereocenters. The molecule has 2 aliphatic rings. The van der Waals surface area contributed by atoms with E-state index in [0.29, 0.717) is 18.4 Å². The molecule has 7 nitrogen and oxygen atoms in total. The summed E-state index contributed by atoms with van der Waals surface area (Å²) in [5.74, 6) is -2.39. The summed E-state index contributed by atoms with van der Waals surface area (Å²) in [6.45, 7) is 1.59. The average Bonchev–Trinajstić information content (AvgIpc) is 3.34. The minimum absolute atomic E-state index is 0.230. The first-order valence-electron chi connectivity index (χ1n) is 10.0. The van der Waals surface area contributed by atoms with Crippen molar-refractivity contribution in [3.8, 4) is 0 Å². The van der Waals surface area contributed by atoms with Crippen molar-refractivity contribution >= 4 is 34.0 Å². The number of hydrogen-bond donors (Lipinski definition) is 3. The van der Waals surface area contributed by atoms with Crippen molar-refractivity contribution in [2.24, 2.45) is 11.8 Å². The highest BCUT2D eigenvalue weighted by molar-refractivity contribution is 6.11. The second kappa shape index (κ2) is 8.01. The number of para-hydroxylation sites is 1. The van der Waals surface area contributed by atoms with Crippen LogP contribution in [0.3, 0.4) is 0 Å². The molecule has 1 fully saturated rings. The van der Waals surface area contributed by atoms with Gasteiger partial charge in [-0.25, -0.2) is 0 Å². The van der Waals surface area contributed by atoms with E-state index >= 15 is 0 Å². The van der Waals surface area contributed by atoms with Gasteiger partial charge in [-0.1, -0.05) is 37.3 Å². The van der Waals surface area contributed by atoms with E-state index in [0.717, 1.165) is 22.3 Å². The number of amides is 1. The van der Waals surface area contributed by atoms with Crippen molar-refractivity contribution in [2.45, 2.75) is 32.0 Å². The summed E-state index contributed by atoms with van der Waals surface area (Å²) in [4.78, 5) is 37.9. The third-order valence-corrected chi connectivity index (χ3v) is 5.82. The zero-order valence-corrected chi connectivity index (χ0v) is 16.8. The molecule has 4 rings (SSSR count). The van der Waals surface area contributed by atoms with Crippen molar-refractivity contribution in [3.05, 3.63) is 53.8 Å². The predicted molar refractivity (Wildman–Crippen MR) is 111 cm³/mol. The highest BCUT2D eigenvalue weighted by atomic mass is 16.3. The predicted octanol–water partition coefficient (Wildman–Crippen LogP) is 1.96. The van der Waals surface area contributed by atoms with E-state index in [4.69, 9.17) is 4.42 Å². The van der Waals surface area contributed by atoms with Crippen LogP contribution in [-0.4, -0.2) is 41.9 Å². The summed E-state index contributed by atoms with van der Waals surface area (Å²) in [5.41, 5.74) is 2.39. The smallest absolute Gasteiger partial charge is 0.231 e. The molecule has 156 valence electrons. The molecule has 0 spiro atoms. The summed E-state index contributed by atoms with van der Waals surface area (Å²) >= 11 is 0. The number of carbonyl (C=O) groups is 3. The highest BCUT2D eigenvalue weighted by Gasteiger charge is 2.48. The lowest BCUT2D eigenvalue weighted by atomic mass is 9.80. The Bertz CT molecular complexity index is 1050. The second-order valence-electron chi connectivity index (χ2n) is 7.77. The lowest BCUT2D eigenvalue weighted by Gasteiger charge is -2.22. The Morgan fingerprint density at radius 2 is 1.93 bits per heavy atom. The van der Waals surface area contributed by atoms with Crippen LogP contribution in [0.4, 0.5) is 0 Å². The average molecular weight is 408 g/mol. The van der Waals surface area contributed by atoms with Crippen LogP contribution in [0.5, 0.6) is 0 Å². The van der Waals surface area contributed by atoms with Gasteiger partial charge in [0.2, 0.25) is 5.91 Å². The Morgan fingerprint density at radius 3 is 2.53 bits per heavy atom. The quantitative estimate of drug-likeness (QED) is 0.476. The van der Waals surface area contributed by atoms with Gasteiger partial charge in [0, 0.05) is 18.4 Å². The first kappa shape index (κ1) is 20.3. The minimum Gasteiger partial charge on any atom is -0.456 e. The van der Waals surface area contributed by atoms with Crippen LogP contribution >= 0.6 is 0 Å². The van der Waals surface area contributed by atoms with Crippen LogP contribution in [0.1, 0.15) is 25.5 Å². The third kappa shape index (κ3) is 3.74. The van der Waals surface area contributed by atoms with Crippen LogP contribution < -0.4 is 10.6 Å². The lowest BCUT2D eigenvalue weighted by Crippen LogP contribution is -2.43. The Balaban J connectivity index is 1.53. The van der Waals surface area contributed by atoms with Crippen LogP contribution in [0.15, 0.2) is 52.5 Å². The summed E-state index contributed by atoms with van der Waals surface area (Å²) in [5, 5.41) is 15.5. The first-order valence-corrected chi connectivity index (χ1v) is 10.0. The summed E-state index contributed by atoms with van der Waals surface area (Å²) in [6, 6.07) is 8.97. The van der Waals surface area contributed by atoms with Gasteiger partial charge in [0.15, 0.2) is 11.6 Å². The van der Waals surface area contributed by atoms with Gasteiger partial charge < -0.3 is 14.8 Å². The number of benzene rings is 1. The van der Waals surface area contributed by atoms with Crippen molar-refractivity contribution in [3.63, 3.8) is 0 Å². The maximum Gasteiger partial charge on any atom is 0.231 e. The van der Waals surface area contributed by atoms with E-state index < -0.39 is 35.8 Å². The van der Waals surface area contributed by atoms with Gasteiger partial charge in [0.25, 0.3) is 0 Å². The lowest BCUT2D eigenvalue weighted by molar-refractivity contribution is -0.139. The number of Topliss-reactive ketones (excluding diaryl/α,β-unsaturated/α-hetero) is 2. The Labute approximate surface area is 173 Å². The molecular formula is C23H24N2O5. The molecule has 4 atom stereocenters. The number of hydrogen-bond acceptors (Lipinski definition) is 6. The molecule has 1 aromatic heterocycles. The minimum atomic E-state index is -1.14. The molecule has 2 aromatic rings. The van der Waals surface area contributed by atoms with Crippen LogP contribution in [0.25, 0.3) is 16.5 Å². The molecule has 1 amide bonds.